The summed E-state index contributed by atoms with van der Waals surface area (Å²) in [5.74, 6) is 1.61. The van der Waals surface area contributed by atoms with E-state index in [-0.39, 0.29) is 0 Å². The molecule has 0 atom stereocenters. The lowest BCUT2D eigenvalue weighted by Gasteiger charge is -2.12. The van der Waals surface area contributed by atoms with Gasteiger partial charge in [-0.15, -0.1) is 11.3 Å². The molecule has 4 rings (SSSR count). The van der Waals surface area contributed by atoms with Gasteiger partial charge in [0, 0.05) is 36.4 Å². The van der Waals surface area contributed by atoms with Gasteiger partial charge >= 0.3 is 0 Å². The zero-order valence-electron chi connectivity index (χ0n) is 17.1. The van der Waals surface area contributed by atoms with Crippen molar-refractivity contribution in [3.63, 3.8) is 0 Å². The number of hydrogen-bond donors (Lipinski definition) is 0. The molecular weight excluding hydrogens is 396 g/mol. The fourth-order valence-corrected chi connectivity index (χ4v) is 4.30. The maximum atomic E-state index is 5.61. The highest BCUT2D eigenvalue weighted by Crippen LogP contribution is 2.31. The summed E-state index contributed by atoms with van der Waals surface area (Å²) in [5, 5.41) is 2.14. The van der Waals surface area contributed by atoms with Gasteiger partial charge in [0.05, 0.1) is 26.2 Å². The first kappa shape index (κ1) is 20.0. The Morgan fingerprint density at radius 1 is 0.967 bits per heavy atom. The van der Waals surface area contributed by atoms with E-state index in [0.717, 1.165) is 52.8 Å². The normalized spacial score (nSPS) is 11.6. The lowest BCUT2D eigenvalue weighted by Crippen LogP contribution is -2.17. The molecule has 0 saturated carbocycles. The van der Waals surface area contributed by atoms with E-state index in [1.807, 2.05) is 55.0 Å². The number of hydrogen-bond acceptors (Lipinski definition) is 5. The fourth-order valence-electron chi connectivity index (χ4n) is 3.36. The molecule has 6 nitrogen and oxygen atoms in total. The summed E-state index contributed by atoms with van der Waals surface area (Å²) >= 11 is 1.62. The third-order valence-corrected chi connectivity index (χ3v) is 5.70. The Hall–Kier alpha value is -3.32. The van der Waals surface area contributed by atoms with Crippen molar-refractivity contribution in [2.75, 3.05) is 14.2 Å². The SMILES string of the molecule is COc1ccccc1N=c1scc(-c2ccccc2OC)n1CCCn1ccnc1. The molecule has 0 amide bonds. The van der Waals surface area contributed by atoms with E-state index in [9.17, 15) is 0 Å². The van der Waals surface area contributed by atoms with Gasteiger partial charge in [-0.1, -0.05) is 24.3 Å². The Labute approximate surface area is 179 Å². The second-order valence-electron chi connectivity index (χ2n) is 6.69. The first-order valence-electron chi connectivity index (χ1n) is 9.75. The van der Waals surface area contributed by atoms with Crippen LogP contribution >= 0.6 is 11.3 Å². The van der Waals surface area contributed by atoms with Gasteiger partial charge in [-0.2, -0.15) is 0 Å². The van der Waals surface area contributed by atoms with Gasteiger partial charge in [0.2, 0.25) is 0 Å². The minimum atomic E-state index is 0.759. The highest BCUT2D eigenvalue weighted by molar-refractivity contribution is 7.07. The quantitative estimate of drug-likeness (QED) is 0.413. The van der Waals surface area contributed by atoms with Gasteiger partial charge in [0.25, 0.3) is 0 Å². The van der Waals surface area contributed by atoms with Crippen molar-refractivity contribution < 1.29 is 9.47 Å². The molecule has 4 aromatic rings. The van der Waals surface area contributed by atoms with Gasteiger partial charge in [-0.3, -0.25) is 0 Å². The van der Waals surface area contributed by atoms with Crippen molar-refractivity contribution in [3.8, 4) is 22.8 Å². The summed E-state index contributed by atoms with van der Waals surface area (Å²) in [5.41, 5.74) is 2.97. The minimum absolute atomic E-state index is 0.759. The molecule has 7 heteroatoms. The predicted molar refractivity (Wildman–Crippen MR) is 119 cm³/mol. The second-order valence-corrected chi connectivity index (χ2v) is 7.53. The van der Waals surface area contributed by atoms with E-state index in [1.54, 1.807) is 31.8 Å². The van der Waals surface area contributed by atoms with Gasteiger partial charge in [0.1, 0.15) is 17.2 Å². The Morgan fingerprint density at radius 3 is 2.50 bits per heavy atom. The average molecular weight is 421 g/mol. The molecule has 0 radical (unpaired) electrons. The molecule has 0 saturated heterocycles. The topological polar surface area (TPSA) is 53.6 Å². The van der Waals surface area contributed by atoms with Crippen LogP contribution < -0.4 is 14.3 Å². The van der Waals surface area contributed by atoms with E-state index >= 15 is 0 Å². The Morgan fingerprint density at radius 2 is 1.73 bits per heavy atom. The van der Waals surface area contributed by atoms with E-state index < -0.39 is 0 Å². The van der Waals surface area contributed by atoms with Gasteiger partial charge in [0.15, 0.2) is 4.80 Å². The second kappa shape index (κ2) is 9.45. The number of benzene rings is 2. The van der Waals surface area contributed by atoms with Crippen molar-refractivity contribution in [1.29, 1.82) is 0 Å². The zero-order valence-corrected chi connectivity index (χ0v) is 17.9. The molecule has 2 aromatic heterocycles. The van der Waals surface area contributed by atoms with Crippen molar-refractivity contribution in [2.24, 2.45) is 4.99 Å². The van der Waals surface area contributed by atoms with Gasteiger partial charge in [-0.25, -0.2) is 9.98 Å². The molecule has 30 heavy (non-hydrogen) atoms. The summed E-state index contributed by atoms with van der Waals surface area (Å²) in [4.78, 5) is 9.98. The third kappa shape index (κ3) is 4.31. The highest BCUT2D eigenvalue weighted by Gasteiger charge is 2.13. The zero-order chi connectivity index (χ0) is 20.8. The number of thiazole rings is 1. The van der Waals surface area contributed by atoms with Crippen molar-refractivity contribution >= 4 is 17.0 Å². The number of rotatable bonds is 8. The van der Waals surface area contributed by atoms with Crippen LogP contribution in [0.1, 0.15) is 6.42 Å². The number of ether oxygens (including phenoxy) is 2. The molecule has 0 fully saturated rings. The van der Waals surface area contributed by atoms with E-state index in [0.29, 0.717) is 0 Å². The number of methoxy groups -OCH3 is 2. The van der Waals surface area contributed by atoms with Crippen LogP contribution in [0.5, 0.6) is 11.5 Å². The molecule has 0 aliphatic rings. The van der Waals surface area contributed by atoms with Crippen LogP contribution in [-0.2, 0) is 13.1 Å². The van der Waals surface area contributed by atoms with Gasteiger partial charge < -0.3 is 18.6 Å². The first-order chi connectivity index (χ1) is 14.8. The van der Waals surface area contributed by atoms with Crippen LogP contribution in [0.2, 0.25) is 0 Å². The largest absolute Gasteiger partial charge is 0.496 e. The number of aryl methyl sites for hydroxylation is 1. The number of imidazole rings is 1. The molecule has 2 aromatic carbocycles. The smallest absolute Gasteiger partial charge is 0.190 e. The maximum absolute atomic E-state index is 5.61. The van der Waals surface area contributed by atoms with Crippen LogP contribution in [0.4, 0.5) is 5.69 Å². The molecule has 0 unspecified atom stereocenters. The molecule has 2 heterocycles. The van der Waals surface area contributed by atoms with Crippen LogP contribution in [0.3, 0.4) is 0 Å². The van der Waals surface area contributed by atoms with E-state index in [2.05, 4.69) is 25.6 Å². The fraction of sp³-hybridized carbons (Fsp3) is 0.217. The van der Waals surface area contributed by atoms with Crippen LogP contribution in [-0.4, -0.2) is 28.3 Å². The monoisotopic (exact) mass is 420 g/mol. The predicted octanol–water partition coefficient (Wildman–Crippen LogP) is 4.75. The molecule has 154 valence electrons. The Balaban J connectivity index is 1.76. The minimum Gasteiger partial charge on any atom is -0.496 e. The summed E-state index contributed by atoms with van der Waals surface area (Å²) in [6, 6.07) is 15.9. The summed E-state index contributed by atoms with van der Waals surface area (Å²) < 4.78 is 15.4. The summed E-state index contributed by atoms with van der Waals surface area (Å²) in [6.45, 7) is 1.71. The highest BCUT2D eigenvalue weighted by atomic mass is 32.1. The van der Waals surface area contributed by atoms with E-state index in [1.165, 1.54) is 0 Å². The third-order valence-electron chi connectivity index (χ3n) is 4.84. The molecule has 0 N–H and O–H groups in total. The molecular formula is C23H24N4O2S. The molecule has 0 aliphatic carbocycles. The van der Waals surface area contributed by atoms with Crippen molar-refractivity contribution in [2.45, 2.75) is 19.5 Å². The lowest BCUT2D eigenvalue weighted by atomic mass is 10.1. The van der Waals surface area contributed by atoms with Crippen LogP contribution in [0, 0.1) is 0 Å². The molecule has 0 spiro atoms. The number of para-hydroxylation sites is 3. The van der Waals surface area contributed by atoms with Crippen molar-refractivity contribution in [3.05, 3.63) is 77.4 Å². The first-order valence-corrected chi connectivity index (χ1v) is 10.6. The van der Waals surface area contributed by atoms with Crippen molar-refractivity contribution in [1.82, 2.24) is 14.1 Å². The summed E-state index contributed by atoms with van der Waals surface area (Å²) in [6.07, 6.45) is 6.59. The number of nitrogens with zero attached hydrogens (tertiary/aromatic N) is 4. The lowest BCUT2D eigenvalue weighted by molar-refractivity contribution is 0.415. The standard InChI is InChI=1S/C23H24N4O2S/c1-28-21-10-5-3-8-18(21)20-16-30-23(25-19-9-4-6-11-22(19)29-2)27(20)14-7-13-26-15-12-24-17-26/h3-6,8-12,15-17H,7,13-14H2,1-2H3. The molecule has 0 aliphatic heterocycles. The Bertz CT molecular complexity index is 1160. The average Bonchev–Trinajstić information content (AvgIpc) is 3.44. The summed E-state index contributed by atoms with van der Waals surface area (Å²) in [7, 11) is 3.37. The van der Waals surface area contributed by atoms with Gasteiger partial charge in [-0.05, 0) is 30.7 Å². The number of aromatic nitrogens is 3. The van der Waals surface area contributed by atoms with E-state index in [4.69, 9.17) is 14.5 Å². The molecule has 0 bridgehead atoms. The Kier molecular flexibility index (Phi) is 6.29. The van der Waals surface area contributed by atoms with Crippen LogP contribution in [0.25, 0.3) is 11.3 Å². The van der Waals surface area contributed by atoms with Crippen LogP contribution in [0.15, 0.2) is 77.6 Å². The maximum Gasteiger partial charge on any atom is 0.190 e.